The highest BCUT2D eigenvalue weighted by Gasteiger charge is 2.58. The zero-order valence-electron chi connectivity index (χ0n) is 23.8. The predicted octanol–water partition coefficient (Wildman–Crippen LogP) is 2.24. The van der Waals surface area contributed by atoms with E-state index in [1.54, 1.807) is 34.6 Å². The van der Waals surface area contributed by atoms with Gasteiger partial charge >= 0.3 is 13.7 Å². The first-order valence-corrected chi connectivity index (χ1v) is 15.7. The highest BCUT2D eigenvalue weighted by atomic mass is 35.5. The van der Waals surface area contributed by atoms with Crippen molar-refractivity contribution < 1.29 is 42.2 Å². The Kier molecular flexibility index (Phi) is 10.9. The highest BCUT2D eigenvalue weighted by Crippen LogP contribution is 2.49. The maximum Gasteiger partial charge on any atom is 0.406 e. The number of fused-ring (bicyclic) bond motifs is 1. The average Bonchev–Trinajstić information content (AvgIpc) is 3.37. The van der Waals surface area contributed by atoms with Crippen molar-refractivity contribution in [2.75, 3.05) is 24.7 Å². The Morgan fingerprint density at radius 2 is 2.05 bits per heavy atom. The number of imidazole rings is 1. The molecule has 0 saturated carbocycles. The number of thioether (sulfide) groups is 1. The number of alkyl halides is 2. The molecular formula is C23H35ClFN6O9PS. The van der Waals surface area contributed by atoms with E-state index in [1.807, 2.05) is 0 Å². The van der Waals surface area contributed by atoms with Crippen molar-refractivity contribution in [3.8, 4) is 0 Å². The van der Waals surface area contributed by atoms with E-state index in [4.69, 9.17) is 35.9 Å². The van der Waals surface area contributed by atoms with Crippen LogP contribution in [0.15, 0.2) is 11.1 Å². The van der Waals surface area contributed by atoms with Gasteiger partial charge in [0.25, 0.3) is 10.7 Å². The number of anilines is 1. The van der Waals surface area contributed by atoms with Gasteiger partial charge in [-0.1, -0.05) is 44.1 Å². The lowest BCUT2D eigenvalue weighted by Crippen LogP contribution is -2.39. The predicted molar refractivity (Wildman–Crippen MR) is 152 cm³/mol. The van der Waals surface area contributed by atoms with E-state index in [0.717, 1.165) is 22.7 Å². The molecule has 3 rings (SSSR count). The summed E-state index contributed by atoms with van der Waals surface area (Å²) < 4.78 is 51.9. The first-order valence-electron chi connectivity index (χ1n) is 12.8. The molecule has 236 valence electrons. The van der Waals surface area contributed by atoms with Gasteiger partial charge in [0.15, 0.2) is 22.5 Å². The van der Waals surface area contributed by atoms with Crippen LogP contribution in [0.2, 0.25) is 0 Å². The van der Waals surface area contributed by atoms with Crippen LogP contribution in [0.4, 0.5) is 10.3 Å². The van der Waals surface area contributed by atoms with Gasteiger partial charge in [-0.25, -0.2) is 19.0 Å². The maximum atomic E-state index is 15.6. The molecule has 2 aromatic rings. The SMILES string of the molecule is CC(C)OC(=O)[C@@H](C)N[P@](=O)(OCCSC(=O)C(C)(C)C)OC[C@H]1O[C@@H](n2cnc3c(=O)[nH]c(N)nc32)[C@](F)(Cl)[C@@H]1O. The third kappa shape index (κ3) is 8.08. The van der Waals surface area contributed by atoms with Crippen molar-refractivity contribution in [1.82, 2.24) is 24.6 Å². The van der Waals surface area contributed by atoms with Crippen molar-refractivity contribution in [1.29, 1.82) is 0 Å². The molecule has 5 N–H and O–H groups in total. The first kappa shape index (κ1) is 34.4. The van der Waals surface area contributed by atoms with Gasteiger partial charge < -0.3 is 20.3 Å². The van der Waals surface area contributed by atoms with Gasteiger partial charge in [-0.05, 0) is 20.8 Å². The van der Waals surface area contributed by atoms with Crippen molar-refractivity contribution in [2.45, 2.75) is 77.3 Å². The summed E-state index contributed by atoms with van der Waals surface area (Å²) in [6, 6.07) is -1.16. The van der Waals surface area contributed by atoms with Gasteiger partial charge in [0.2, 0.25) is 5.95 Å². The molecule has 0 radical (unpaired) electrons. The largest absolute Gasteiger partial charge is 0.462 e. The van der Waals surface area contributed by atoms with Crippen LogP contribution >= 0.6 is 31.1 Å². The number of aromatic amines is 1. The molecule has 15 nitrogen and oxygen atoms in total. The Hall–Kier alpha value is -2.11. The fourth-order valence-corrected chi connectivity index (χ4v) is 6.32. The summed E-state index contributed by atoms with van der Waals surface area (Å²) in [5.74, 6) is -0.911. The molecule has 19 heteroatoms. The summed E-state index contributed by atoms with van der Waals surface area (Å²) in [6.45, 7) is 8.93. The fraction of sp³-hybridized carbons (Fsp3) is 0.696. The van der Waals surface area contributed by atoms with Gasteiger partial charge in [-0.3, -0.25) is 33.0 Å². The monoisotopic (exact) mass is 656 g/mol. The van der Waals surface area contributed by atoms with Gasteiger partial charge in [-0.15, -0.1) is 0 Å². The molecule has 0 aromatic carbocycles. The molecule has 6 atom stereocenters. The van der Waals surface area contributed by atoms with Crippen molar-refractivity contribution in [2.24, 2.45) is 5.41 Å². The minimum absolute atomic E-state index is 0.110. The van der Waals surface area contributed by atoms with E-state index >= 15 is 4.39 Å². The zero-order valence-corrected chi connectivity index (χ0v) is 26.3. The summed E-state index contributed by atoms with van der Waals surface area (Å²) in [5, 5.41) is 10.0. The number of rotatable bonds is 12. The molecule has 1 fully saturated rings. The Labute approximate surface area is 249 Å². The molecule has 0 aliphatic carbocycles. The molecule has 1 aliphatic heterocycles. The summed E-state index contributed by atoms with van der Waals surface area (Å²) in [6.07, 6.45) is -4.71. The van der Waals surface area contributed by atoms with Crippen molar-refractivity contribution in [3.05, 3.63) is 16.7 Å². The second-order valence-electron chi connectivity index (χ2n) is 10.8. The Bertz CT molecular complexity index is 1400. The maximum absolute atomic E-state index is 15.6. The molecule has 3 heterocycles. The molecule has 1 aliphatic rings. The van der Waals surface area contributed by atoms with Gasteiger partial charge in [0, 0.05) is 11.2 Å². The van der Waals surface area contributed by atoms with E-state index in [0.29, 0.717) is 0 Å². The number of ether oxygens (including phenoxy) is 2. The number of aliphatic hydroxyl groups is 1. The lowest BCUT2D eigenvalue weighted by molar-refractivity contribution is -0.149. The van der Waals surface area contributed by atoms with E-state index in [-0.39, 0.29) is 34.6 Å². The molecule has 0 amide bonds. The molecular weight excluding hydrogens is 622 g/mol. The zero-order chi connectivity index (χ0) is 31.6. The van der Waals surface area contributed by atoms with Crippen LogP contribution < -0.4 is 16.4 Å². The quantitative estimate of drug-likeness (QED) is 0.112. The third-order valence-corrected chi connectivity index (χ3v) is 9.11. The number of carbonyl (C=O) groups excluding carboxylic acids is 2. The summed E-state index contributed by atoms with van der Waals surface area (Å²) >= 11 is 7.00. The van der Waals surface area contributed by atoms with Crippen LogP contribution in [0.1, 0.15) is 47.8 Å². The van der Waals surface area contributed by atoms with E-state index in [9.17, 15) is 24.1 Å². The Morgan fingerprint density at radius 1 is 1.38 bits per heavy atom. The number of nitrogen functional groups attached to an aromatic ring is 1. The van der Waals surface area contributed by atoms with E-state index < -0.39 is 67.0 Å². The number of nitrogens with two attached hydrogens (primary N) is 1. The molecule has 0 spiro atoms. The van der Waals surface area contributed by atoms with Gasteiger partial charge in [0.05, 0.1) is 25.6 Å². The van der Waals surface area contributed by atoms with Crippen molar-refractivity contribution in [3.63, 3.8) is 0 Å². The van der Waals surface area contributed by atoms with Gasteiger partial charge in [-0.2, -0.15) is 4.98 Å². The first-order chi connectivity index (χ1) is 19.4. The fourth-order valence-electron chi connectivity index (χ4n) is 3.64. The Morgan fingerprint density at radius 3 is 2.67 bits per heavy atom. The molecule has 2 aromatic heterocycles. The van der Waals surface area contributed by atoms with Crippen LogP contribution in [-0.4, -0.2) is 84.2 Å². The summed E-state index contributed by atoms with van der Waals surface area (Å²) in [5.41, 5.74) is 3.96. The number of esters is 1. The van der Waals surface area contributed by atoms with Crippen LogP contribution in [-0.2, 0) is 32.7 Å². The smallest absolute Gasteiger partial charge is 0.406 e. The second-order valence-corrected chi connectivity index (χ2v) is 14.2. The van der Waals surface area contributed by atoms with Gasteiger partial charge in [0.1, 0.15) is 18.2 Å². The number of carbonyl (C=O) groups is 2. The normalized spacial score (nSPS) is 25.0. The van der Waals surface area contributed by atoms with Crippen molar-refractivity contribution >= 4 is 59.3 Å². The number of H-pyrrole nitrogens is 1. The molecule has 1 saturated heterocycles. The second kappa shape index (κ2) is 13.3. The standard InChI is InChI=1S/C23H35ClFN6O9PS/c1-11(2)39-18(34)12(3)30-41(36,37-7-8-42-20(35)22(4,5)6)38-9-13-15(32)23(24,25)19(40-13)31-10-27-14-16(31)28-21(26)29-17(14)33/h10-13,15,19,32H,7-9H2,1-6H3,(H,30,36)(H3,26,28,29,33)/t12-,13-,15-,19-,23+,41+/m1/s1. The van der Waals surface area contributed by atoms with E-state index in [2.05, 4.69) is 20.0 Å². The Balaban J connectivity index is 1.77. The molecule has 42 heavy (non-hydrogen) atoms. The molecule has 0 bridgehead atoms. The number of halogens is 2. The average molecular weight is 657 g/mol. The van der Waals surface area contributed by atoms with Crippen LogP contribution in [0.3, 0.4) is 0 Å². The molecule has 0 unspecified atom stereocenters. The number of aliphatic hydroxyl groups excluding tert-OH is 1. The van der Waals surface area contributed by atoms with Crippen LogP contribution in [0.25, 0.3) is 11.2 Å². The number of hydrogen-bond donors (Lipinski definition) is 4. The minimum Gasteiger partial charge on any atom is -0.462 e. The number of nitrogens with zero attached hydrogens (tertiary/aromatic N) is 3. The number of hydrogen-bond acceptors (Lipinski definition) is 13. The highest BCUT2D eigenvalue weighted by molar-refractivity contribution is 8.13. The minimum atomic E-state index is -4.35. The van der Waals surface area contributed by atoms with Crippen LogP contribution in [0.5, 0.6) is 0 Å². The van der Waals surface area contributed by atoms with Crippen LogP contribution in [0, 0.1) is 5.41 Å². The summed E-state index contributed by atoms with van der Waals surface area (Å²) in [7, 11) is -4.35. The number of nitrogens with one attached hydrogen (secondary N) is 2. The van der Waals surface area contributed by atoms with E-state index in [1.165, 1.54) is 6.92 Å². The lowest BCUT2D eigenvalue weighted by Gasteiger charge is -2.25. The lowest BCUT2D eigenvalue weighted by atomic mass is 10.00. The summed E-state index contributed by atoms with van der Waals surface area (Å²) in [4.78, 5) is 46.7. The number of aromatic nitrogens is 4. The third-order valence-electron chi connectivity index (χ3n) is 5.74. The topological polar surface area (TPSA) is 210 Å².